The van der Waals surface area contributed by atoms with E-state index in [0.29, 0.717) is 24.3 Å². The molecule has 1 aromatic carbocycles. The molecule has 0 N–H and O–H groups in total. The van der Waals surface area contributed by atoms with Crippen LogP contribution in [0.3, 0.4) is 0 Å². The SMILES string of the molecule is CCCCC(CC(=O)c1c(OC)cccc1OC)(P=O)C(=O)OCC. The van der Waals surface area contributed by atoms with Crippen LogP contribution in [0.25, 0.3) is 0 Å². The lowest BCUT2D eigenvalue weighted by Gasteiger charge is -2.24. The number of benzene rings is 1. The minimum atomic E-state index is -1.39. The Labute approximate surface area is 150 Å². The second-order valence-corrected chi connectivity index (χ2v) is 6.62. The fraction of sp³-hybridized carbons (Fsp3) is 0.556. The van der Waals surface area contributed by atoms with Crippen LogP contribution in [0.5, 0.6) is 11.5 Å². The molecule has 0 amide bonds. The fourth-order valence-corrected chi connectivity index (χ4v) is 3.19. The Hall–Kier alpha value is -1.94. The Kier molecular flexibility index (Phi) is 8.56. The van der Waals surface area contributed by atoms with Gasteiger partial charge in [-0.25, -0.2) is 0 Å². The molecular formula is C18H25O6P. The minimum absolute atomic E-state index is 0.161. The molecule has 25 heavy (non-hydrogen) atoms. The maximum atomic E-state index is 12.9. The number of unbranched alkanes of at least 4 members (excludes halogenated alkanes) is 1. The van der Waals surface area contributed by atoms with E-state index in [-0.39, 0.29) is 24.4 Å². The summed E-state index contributed by atoms with van der Waals surface area (Å²) >= 11 is 0. The third-order valence-corrected chi connectivity index (χ3v) is 4.85. The number of hydrogen-bond acceptors (Lipinski definition) is 6. The second kappa shape index (κ2) is 10.1. The predicted molar refractivity (Wildman–Crippen MR) is 95.0 cm³/mol. The Balaban J connectivity index is 3.26. The van der Waals surface area contributed by atoms with Crippen molar-refractivity contribution in [2.45, 2.75) is 44.7 Å². The highest BCUT2D eigenvalue weighted by atomic mass is 31.1. The van der Waals surface area contributed by atoms with Crippen LogP contribution in [-0.2, 0) is 14.1 Å². The van der Waals surface area contributed by atoms with Crippen molar-refractivity contribution in [3.63, 3.8) is 0 Å². The van der Waals surface area contributed by atoms with Crippen molar-refractivity contribution >= 4 is 20.2 Å². The van der Waals surface area contributed by atoms with E-state index in [1.165, 1.54) is 14.2 Å². The molecule has 0 aliphatic heterocycles. The molecule has 0 spiro atoms. The van der Waals surface area contributed by atoms with Crippen LogP contribution in [0.2, 0.25) is 0 Å². The summed E-state index contributed by atoms with van der Waals surface area (Å²) in [5, 5.41) is -1.39. The van der Waals surface area contributed by atoms with Gasteiger partial charge in [0.1, 0.15) is 17.1 Å². The van der Waals surface area contributed by atoms with E-state index in [1.807, 2.05) is 6.92 Å². The van der Waals surface area contributed by atoms with Gasteiger partial charge in [-0.15, -0.1) is 0 Å². The third kappa shape index (κ3) is 5.02. The van der Waals surface area contributed by atoms with Crippen molar-refractivity contribution in [3.8, 4) is 11.5 Å². The van der Waals surface area contributed by atoms with E-state index in [4.69, 9.17) is 14.2 Å². The van der Waals surface area contributed by atoms with Gasteiger partial charge in [0.05, 0.1) is 20.8 Å². The van der Waals surface area contributed by atoms with Crippen LogP contribution in [0, 0.1) is 0 Å². The van der Waals surface area contributed by atoms with E-state index in [0.717, 1.165) is 6.42 Å². The van der Waals surface area contributed by atoms with E-state index in [1.54, 1.807) is 25.1 Å². The second-order valence-electron chi connectivity index (χ2n) is 5.58. The molecule has 0 fully saturated rings. The molecule has 0 aliphatic carbocycles. The summed E-state index contributed by atoms with van der Waals surface area (Å²) in [6.45, 7) is 3.80. The van der Waals surface area contributed by atoms with Gasteiger partial charge >= 0.3 is 5.97 Å². The van der Waals surface area contributed by atoms with Crippen LogP contribution in [0.15, 0.2) is 18.2 Å². The maximum Gasteiger partial charge on any atom is 0.324 e. The van der Waals surface area contributed by atoms with Crippen molar-refractivity contribution in [3.05, 3.63) is 23.8 Å². The number of Topliss-reactive ketones (excluding diaryl/α,β-unsaturated/α-hetero) is 1. The first-order valence-electron chi connectivity index (χ1n) is 8.25. The highest BCUT2D eigenvalue weighted by molar-refractivity contribution is 7.28. The van der Waals surface area contributed by atoms with Gasteiger partial charge in [-0.05, 0) is 25.5 Å². The molecule has 0 aromatic heterocycles. The van der Waals surface area contributed by atoms with Crippen molar-refractivity contribution in [2.24, 2.45) is 0 Å². The van der Waals surface area contributed by atoms with Crippen LogP contribution < -0.4 is 9.47 Å². The summed E-state index contributed by atoms with van der Waals surface area (Å²) in [6, 6.07) is 4.99. The smallest absolute Gasteiger partial charge is 0.324 e. The van der Waals surface area contributed by atoms with E-state index < -0.39 is 19.6 Å². The monoisotopic (exact) mass is 368 g/mol. The normalized spacial score (nSPS) is 13.1. The molecule has 1 rings (SSSR count). The summed E-state index contributed by atoms with van der Waals surface area (Å²) in [7, 11) is 2.48. The van der Waals surface area contributed by atoms with Gasteiger partial charge in [0.15, 0.2) is 19.4 Å². The minimum Gasteiger partial charge on any atom is -0.496 e. The Morgan fingerprint density at radius 2 is 1.72 bits per heavy atom. The quantitative estimate of drug-likeness (QED) is 0.333. The molecule has 0 saturated carbocycles. The van der Waals surface area contributed by atoms with Gasteiger partial charge < -0.3 is 14.2 Å². The molecule has 6 nitrogen and oxygen atoms in total. The number of hydrogen-bond donors (Lipinski definition) is 0. The average molecular weight is 368 g/mol. The van der Waals surface area contributed by atoms with Gasteiger partial charge in [-0.2, -0.15) is 0 Å². The fourth-order valence-electron chi connectivity index (χ4n) is 2.59. The first-order chi connectivity index (χ1) is 12.0. The largest absolute Gasteiger partial charge is 0.496 e. The van der Waals surface area contributed by atoms with Crippen LogP contribution in [0.4, 0.5) is 0 Å². The van der Waals surface area contributed by atoms with E-state index in [9.17, 15) is 14.2 Å². The zero-order valence-electron chi connectivity index (χ0n) is 15.2. The predicted octanol–water partition coefficient (Wildman–Crippen LogP) is 4.06. The first-order valence-corrected chi connectivity index (χ1v) is 9.06. The highest BCUT2D eigenvalue weighted by Gasteiger charge is 2.43. The molecule has 1 aromatic rings. The van der Waals surface area contributed by atoms with E-state index in [2.05, 4.69) is 0 Å². The molecule has 0 radical (unpaired) electrons. The molecular weight excluding hydrogens is 343 g/mol. The summed E-state index contributed by atoms with van der Waals surface area (Å²) in [4.78, 5) is 25.4. The Morgan fingerprint density at radius 3 is 2.16 bits per heavy atom. The Bertz CT molecular complexity index is 593. The van der Waals surface area contributed by atoms with Crippen molar-refractivity contribution < 1.29 is 28.4 Å². The number of carbonyl (C=O) groups excluding carboxylic acids is 2. The summed E-state index contributed by atoms with van der Waals surface area (Å²) in [6.07, 6.45) is 1.53. The number of methoxy groups -OCH3 is 2. The van der Waals surface area contributed by atoms with Crippen LogP contribution in [-0.4, -0.2) is 37.7 Å². The molecule has 138 valence electrons. The number of ketones is 1. The lowest BCUT2D eigenvalue weighted by molar-refractivity contribution is -0.146. The number of rotatable bonds is 11. The number of ether oxygens (including phenoxy) is 3. The van der Waals surface area contributed by atoms with Crippen molar-refractivity contribution in [2.75, 3.05) is 20.8 Å². The molecule has 0 heterocycles. The first kappa shape index (κ1) is 21.1. The van der Waals surface area contributed by atoms with Crippen LogP contribution >= 0.6 is 8.46 Å². The topological polar surface area (TPSA) is 78.9 Å². The van der Waals surface area contributed by atoms with Gasteiger partial charge in [0.25, 0.3) is 0 Å². The lowest BCUT2D eigenvalue weighted by atomic mass is 9.91. The Morgan fingerprint density at radius 1 is 1.12 bits per heavy atom. The molecule has 7 heteroatoms. The van der Waals surface area contributed by atoms with Gasteiger partial charge in [0, 0.05) is 6.42 Å². The summed E-state index contributed by atoms with van der Waals surface area (Å²) < 4.78 is 27.5. The lowest BCUT2D eigenvalue weighted by Crippen LogP contribution is -2.37. The summed E-state index contributed by atoms with van der Waals surface area (Å²) in [5.74, 6) is -0.301. The van der Waals surface area contributed by atoms with Gasteiger partial charge in [-0.1, -0.05) is 25.8 Å². The average Bonchev–Trinajstić information content (AvgIpc) is 2.64. The molecule has 0 saturated heterocycles. The van der Waals surface area contributed by atoms with Gasteiger partial charge in [0.2, 0.25) is 0 Å². The molecule has 0 bridgehead atoms. The molecule has 1 unspecified atom stereocenters. The zero-order valence-corrected chi connectivity index (χ0v) is 16.1. The van der Waals surface area contributed by atoms with Crippen molar-refractivity contribution in [1.82, 2.24) is 0 Å². The van der Waals surface area contributed by atoms with Crippen molar-refractivity contribution in [1.29, 1.82) is 0 Å². The van der Waals surface area contributed by atoms with Crippen LogP contribution in [0.1, 0.15) is 49.9 Å². The van der Waals surface area contributed by atoms with Gasteiger partial charge in [-0.3, -0.25) is 14.2 Å². The zero-order chi connectivity index (χ0) is 18.9. The maximum absolute atomic E-state index is 12.9. The number of esters is 1. The highest BCUT2D eigenvalue weighted by Crippen LogP contribution is 2.38. The number of carbonyl (C=O) groups is 2. The molecule has 0 aliphatic rings. The third-order valence-electron chi connectivity index (χ3n) is 3.93. The summed E-state index contributed by atoms with van der Waals surface area (Å²) in [5.41, 5.74) is 0.237. The van der Waals surface area contributed by atoms with E-state index >= 15 is 0 Å². The standard InChI is InChI=1S/C18H25O6P/c1-5-7-11-18(25-21,17(20)24-6-2)12-13(19)16-14(22-3)9-8-10-15(16)23-4/h8-10H,5-7,11-12H2,1-4H3. The molecule has 1 atom stereocenters.